The lowest BCUT2D eigenvalue weighted by Crippen LogP contribution is -2.12. The number of fused-ring (bicyclic) bond motifs is 1. The first-order valence-electron chi connectivity index (χ1n) is 7.76. The number of hydrogen-bond acceptors (Lipinski definition) is 5. The van der Waals surface area contributed by atoms with Gasteiger partial charge < -0.3 is 10.3 Å². The van der Waals surface area contributed by atoms with Gasteiger partial charge >= 0.3 is 0 Å². The van der Waals surface area contributed by atoms with Crippen molar-refractivity contribution in [1.82, 2.24) is 8.96 Å². The predicted molar refractivity (Wildman–Crippen MR) is 97.4 cm³/mol. The Morgan fingerprint density at radius 1 is 1.42 bits per heavy atom. The Labute approximate surface area is 145 Å². The molecule has 0 bridgehead atoms. The summed E-state index contributed by atoms with van der Waals surface area (Å²) in [5.41, 5.74) is 8.11. The summed E-state index contributed by atoms with van der Waals surface area (Å²) in [6, 6.07) is 5.73. The standard InChI is InChI=1S/C13H17N3O2S.C3H4OS/c1-8(9-3-4-9)10-5-6-12-11(7-10)15-13(14)16(12)19(2,17)18;1-3-2-5(3)4/h5-9H,3-4H2,1-2H3,(H2,14,15);2H,1H3. The fourth-order valence-electron chi connectivity index (χ4n) is 2.72. The monoisotopic (exact) mass is 367 g/mol. The maximum Gasteiger partial charge on any atom is 0.239 e. The summed E-state index contributed by atoms with van der Waals surface area (Å²) in [4.78, 5) is 5.18. The van der Waals surface area contributed by atoms with E-state index in [4.69, 9.17) is 5.73 Å². The van der Waals surface area contributed by atoms with E-state index in [0.717, 1.165) is 21.1 Å². The molecular formula is C16H21N3O3S2. The predicted octanol–water partition coefficient (Wildman–Crippen LogP) is 2.55. The fourth-order valence-corrected chi connectivity index (χ4v) is 3.98. The molecule has 8 heteroatoms. The molecule has 1 aliphatic carbocycles. The quantitative estimate of drug-likeness (QED) is 0.840. The molecule has 0 amide bonds. The van der Waals surface area contributed by atoms with Crippen LogP contribution in [0.5, 0.6) is 0 Å². The van der Waals surface area contributed by atoms with Crippen LogP contribution < -0.4 is 5.73 Å². The van der Waals surface area contributed by atoms with Gasteiger partial charge in [-0.05, 0) is 42.4 Å². The molecule has 1 aliphatic heterocycles. The molecule has 2 N–H and O–H groups in total. The van der Waals surface area contributed by atoms with Crippen LogP contribution in [0.15, 0.2) is 28.5 Å². The van der Waals surface area contributed by atoms with Gasteiger partial charge in [0.2, 0.25) is 16.0 Å². The normalized spacial score (nSPS) is 21.0. The van der Waals surface area contributed by atoms with E-state index in [1.807, 2.05) is 19.1 Å². The number of anilines is 1. The fraction of sp³-hybridized carbons (Fsp3) is 0.438. The summed E-state index contributed by atoms with van der Waals surface area (Å²) < 4.78 is 34.4. The molecule has 0 saturated heterocycles. The van der Waals surface area contributed by atoms with Crippen LogP contribution in [0.1, 0.15) is 38.2 Å². The first-order valence-corrected chi connectivity index (χ1v) is 10.8. The highest BCUT2D eigenvalue weighted by atomic mass is 32.2. The second-order valence-corrected chi connectivity index (χ2v) is 9.70. The molecule has 0 spiro atoms. The lowest BCUT2D eigenvalue weighted by molar-refractivity contribution is 0.595. The van der Waals surface area contributed by atoms with Crippen molar-refractivity contribution in [1.29, 1.82) is 0 Å². The number of allylic oxidation sites excluding steroid dienone is 1. The summed E-state index contributed by atoms with van der Waals surface area (Å²) in [6.07, 6.45) is 3.68. The van der Waals surface area contributed by atoms with Crippen molar-refractivity contribution in [2.45, 2.75) is 32.6 Å². The van der Waals surface area contributed by atoms with Crippen LogP contribution in [0, 0.1) is 5.92 Å². The van der Waals surface area contributed by atoms with Gasteiger partial charge in [0.05, 0.1) is 17.3 Å². The molecule has 1 aromatic heterocycles. The molecule has 0 radical (unpaired) electrons. The third-order valence-electron chi connectivity index (χ3n) is 4.38. The maximum absolute atomic E-state index is 11.7. The van der Waals surface area contributed by atoms with E-state index in [-0.39, 0.29) is 5.95 Å². The number of hydrogen-bond donors (Lipinski definition) is 1. The van der Waals surface area contributed by atoms with E-state index in [2.05, 4.69) is 11.9 Å². The molecule has 1 fully saturated rings. The number of nitrogens with zero attached hydrogens (tertiary/aromatic N) is 2. The summed E-state index contributed by atoms with van der Waals surface area (Å²) in [5.74, 6) is 1.27. The van der Waals surface area contributed by atoms with Gasteiger partial charge in [0.25, 0.3) is 0 Å². The summed E-state index contributed by atoms with van der Waals surface area (Å²) in [6.45, 7) is 4.06. The number of nitrogen functional groups attached to an aromatic ring is 1. The molecule has 2 atom stereocenters. The summed E-state index contributed by atoms with van der Waals surface area (Å²) in [5, 5.41) is 1.72. The Morgan fingerprint density at radius 2 is 2.00 bits per heavy atom. The molecule has 1 aromatic carbocycles. The van der Waals surface area contributed by atoms with E-state index >= 15 is 0 Å². The number of aromatic nitrogens is 2. The van der Waals surface area contributed by atoms with E-state index in [0.29, 0.717) is 17.0 Å². The Bertz CT molecular complexity index is 914. The Kier molecular flexibility index (Phi) is 4.39. The van der Waals surface area contributed by atoms with E-state index < -0.39 is 21.2 Å². The first-order chi connectivity index (χ1) is 11.2. The number of benzene rings is 1. The van der Waals surface area contributed by atoms with Gasteiger partial charge in [-0.3, -0.25) is 0 Å². The number of imidazole rings is 1. The zero-order valence-corrected chi connectivity index (χ0v) is 15.5. The Balaban J connectivity index is 0.000000290. The topological polar surface area (TPSA) is 101 Å². The number of nitrogens with two attached hydrogens (primary N) is 1. The van der Waals surface area contributed by atoms with Crippen LogP contribution in [0.2, 0.25) is 0 Å². The second-order valence-electron chi connectivity index (χ2n) is 6.40. The van der Waals surface area contributed by atoms with Crippen molar-refractivity contribution in [3.63, 3.8) is 0 Å². The van der Waals surface area contributed by atoms with E-state index in [1.165, 1.54) is 18.4 Å². The minimum Gasteiger partial charge on any atom is -0.607 e. The smallest absolute Gasteiger partial charge is 0.239 e. The summed E-state index contributed by atoms with van der Waals surface area (Å²) in [7, 11) is -3.42. The lowest BCUT2D eigenvalue weighted by Gasteiger charge is -2.10. The molecule has 2 heterocycles. The highest BCUT2D eigenvalue weighted by molar-refractivity contribution is 8.04. The van der Waals surface area contributed by atoms with Crippen LogP contribution in [0.4, 0.5) is 5.95 Å². The van der Waals surface area contributed by atoms with Gasteiger partial charge in [-0.1, -0.05) is 13.0 Å². The Hall–Kier alpha value is -1.51. The van der Waals surface area contributed by atoms with Gasteiger partial charge in [-0.25, -0.2) is 17.4 Å². The third-order valence-corrected chi connectivity index (χ3v) is 6.49. The van der Waals surface area contributed by atoms with Crippen molar-refractivity contribution in [3.8, 4) is 0 Å². The van der Waals surface area contributed by atoms with E-state index in [1.54, 1.807) is 11.5 Å². The number of rotatable bonds is 3. The molecular weight excluding hydrogens is 346 g/mol. The van der Waals surface area contributed by atoms with Gasteiger partial charge in [0.1, 0.15) is 0 Å². The molecule has 4 rings (SSSR count). The van der Waals surface area contributed by atoms with Crippen molar-refractivity contribution < 1.29 is 13.0 Å². The molecule has 1 saturated carbocycles. The van der Waals surface area contributed by atoms with Crippen LogP contribution in [-0.4, -0.2) is 28.2 Å². The molecule has 2 unspecified atom stereocenters. The Morgan fingerprint density at radius 3 is 2.46 bits per heavy atom. The largest absolute Gasteiger partial charge is 0.607 e. The first kappa shape index (κ1) is 17.3. The average Bonchev–Trinajstić information content (AvgIpc) is 3.38. The molecule has 6 nitrogen and oxygen atoms in total. The van der Waals surface area contributed by atoms with Gasteiger partial charge in [-0.2, -0.15) is 0 Å². The molecule has 2 aromatic rings. The van der Waals surface area contributed by atoms with Crippen LogP contribution in [-0.2, 0) is 21.2 Å². The van der Waals surface area contributed by atoms with Crippen LogP contribution >= 0.6 is 0 Å². The van der Waals surface area contributed by atoms with Crippen molar-refractivity contribution in [2.75, 3.05) is 12.0 Å². The maximum atomic E-state index is 11.7. The van der Waals surface area contributed by atoms with Gasteiger partial charge in [0, 0.05) is 18.1 Å². The zero-order chi connectivity index (χ0) is 17.6. The second kappa shape index (κ2) is 6.09. The highest BCUT2D eigenvalue weighted by Gasteiger charge is 2.29. The van der Waals surface area contributed by atoms with Crippen LogP contribution in [0.3, 0.4) is 0 Å². The zero-order valence-electron chi connectivity index (χ0n) is 13.9. The molecule has 24 heavy (non-hydrogen) atoms. The van der Waals surface area contributed by atoms with Gasteiger partial charge in [0.15, 0.2) is 10.3 Å². The SMILES string of the molecule is CC(c1ccc2c(c1)nc(N)n2S(C)(=O)=O)C1CC1.CC1=C[S+]1[O-]. The minimum atomic E-state index is -3.42. The molecule has 2 aliphatic rings. The average molecular weight is 367 g/mol. The minimum absolute atomic E-state index is 0.0220. The third kappa shape index (κ3) is 3.60. The lowest BCUT2D eigenvalue weighted by atomic mass is 9.96. The highest BCUT2D eigenvalue weighted by Crippen LogP contribution is 2.42. The summed E-state index contributed by atoms with van der Waals surface area (Å²) >= 11 is -0.614. The molecule has 130 valence electrons. The van der Waals surface area contributed by atoms with Gasteiger partial charge in [-0.15, -0.1) is 0 Å². The van der Waals surface area contributed by atoms with E-state index in [9.17, 15) is 13.0 Å². The van der Waals surface area contributed by atoms with Crippen molar-refractivity contribution >= 4 is 38.2 Å². The van der Waals surface area contributed by atoms with Crippen molar-refractivity contribution in [2.24, 2.45) is 5.92 Å². The van der Waals surface area contributed by atoms with Crippen molar-refractivity contribution in [3.05, 3.63) is 34.1 Å². The van der Waals surface area contributed by atoms with Crippen LogP contribution in [0.25, 0.3) is 11.0 Å².